The van der Waals surface area contributed by atoms with Crippen molar-refractivity contribution in [3.05, 3.63) is 66.0 Å². The van der Waals surface area contributed by atoms with Crippen LogP contribution >= 0.6 is 0 Å². The number of benzene rings is 1. The fourth-order valence-electron chi connectivity index (χ4n) is 1.75. The maximum Gasteiger partial charge on any atom is 0.0632 e. The summed E-state index contributed by atoms with van der Waals surface area (Å²) in [6.45, 7) is 0. The summed E-state index contributed by atoms with van der Waals surface area (Å²) in [7, 11) is 0. The fourth-order valence-corrected chi connectivity index (χ4v) is 1.75. The molecule has 0 fully saturated rings. The van der Waals surface area contributed by atoms with Crippen LogP contribution in [0.2, 0.25) is 0 Å². The standard InChI is InChI=1S/C14H12N2/c15-10-9-13(12-6-2-1-3-7-12)14-8-4-5-11-16-14/h1-8,11,13H,9H2/t13-/m1/s1. The molecule has 0 radical (unpaired) electrons. The molecule has 0 N–H and O–H groups in total. The maximum absolute atomic E-state index is 8.88. The summed E-state index contributed by atoms with van der Waals surface area (Å²) < 4.78 is 0. The molecule has 2 rings (SSSR count). The zero-order valence-electron chi connectivity index (χ0n) is 8.88. The van der Waals surface area contributed by atoms with Gasteiger partial charge in [-0.3, -0.25) is 4.98 Å². The lowest BCUT2D eigenvalue weighted by Gasteiger charge is -2.12. The van der Waals surface area contributed by atoms with Crippen LogP contribution in [0.4, 0.5) is 0 Å². The first-order chi connectivity index (χ1) is 7.92. The molecule has 0 saturated carbocycles. The topological polar surface area (TPSA) is 36.7 Å². The molecule has 2 aromatic rings. The van der Waals surface area contributed by atoms with Gasteiger partial charge in [-0.1, -0.05) is 36.4 Å². The molecule has 1 aromatic heterocycles. The van der Waals surface area contributed by atoms with Crippen LogP contribution in [-0.4, -0.2) is 4.98 Å². The lowest BCUT2D eigenvalue weighted by molar-refractivity contribution is 0.802. The van der Waals surface area contributed by atoms with Crippen molar-refractivity contribution >= 4 is 0 Å². The van der Waals surface area contributed by atoms with Crippen LogP contribution in [0, 0.1) is 11.3 Å². The molecule has 0 aliphatic carbocycles. The Morgan fingerprint density at radius 2 is 1.81 bits per heavy atom. The average Bonchev–Trinajstić information content (AvgIpc) is 2.38. The van der Waals surface area contributed by atoms with E-state index in [0.717, 1.165) is 11.3 Å². The summed E-state index contributed by atoms with van der Waals surface area (Å²) in [6.07, 6.45) is 2.23. The second-order valence-electron chi connectivity index (χ2n) is 3.58. The van der Waals surface area contributed by atoms with Crippen molar-refractivity contribution in [3.8, 4) is 6.07 Å². The van der Waals surface area contributed by atoms with Crippen LogP contribution in [0.5, 0.6) is 0 Å². The van der Waals surface area contributed by atoms with Gasteiger partial charge in [0.15, 0.2) is 0 Å². The molecule has 0 aliphatic heterocycles. The predicted molar refractivity (Wildman–Crippen MR) is 62.8 cm³/mol. The molecule has 1 atom stereocenters. The number of aromatic nitrogens is 1. The third-order valence-corrected chi connectivity index (χ3v) is 2.54. The second kappa shape index (κ2) is 5.09. The van der Waals surface area contributed by atoms with Gasteiger partial charge in [-0.05, 0) is 17.7 Å². The summed E-state index contributed by atoms with van der Waals surface area (Å²) >= 11 is 0. The molecule has 1 heterocycles. The van der Waals surface area contributed by atoms with Crippen molar-refractivity contribution < 1.29 is 0 Å². The Morgan fingerprint density at radius 1 is 1.06 bits per heavy atom. The van der Waals surface area contributed by atoms with Crippen LogP contribution in [0.15, 0.2) is 54.7 Å². The Hall–Kier alpha value is -2.14. The average molecular weight is 208 g/mol. The molecule has 0 amide bonds. The van der Waals surface area contributed by atoms with Gasteiger partial charge >= 0.3 is 0 Å². The summed E-state index contributed by atoms with van der Waals surface area (Å²) in [5, 5.41) is 8.88. The Morgan fingerprint density at radius 3 is 2.44 bits per heavy atom. The van der Waals surface area contributed by atoms with E-state index in [-0.39, 0.29) is 5.92 Å². The first-order valence-electron chi connectivity index (χ1n) is 5.24. The van der Waals surface area contributed by atoms with Crippen molar-refractivity contribution in [3.63, 3.8) is 0 Å². The van der Waals surface area contributed by atoms with Gasteiger partial charge in [0, 0.05) is 24.2 Å². The first kappa shape index (κ1) is 10.4. The summed E-state index contributed by atoms with van der Waals surface area (Å²) in [5.74, 6) is 0.0763. The molecular formula is C14H12N2. The molecule has 0 aliphatic rings. The molecular weight excluding hydrogens is 196 g/mol. The highest BCUT2D eigenvalue weighted by molar-refractivity contribution is 5.29. The maximum atomic E-state index is 8.88. The SMILES string of the molecule is N#CC[C@H](c1ccccc1)c1ccccn1. The highest BCUT2D eigenvalue weighted by Gasteiger charge is 2.14. The van der Waals surface area contributed by atoms with Gasteiger partial charge in [-0.2, -0.15) is 5.26 Å². The van der Waals surface area contributed by atoms with Gasteiger partial charge < -0.3 is 0 Å². The van der Waals surface area contributed by atoms with E-state index in [1.54, 1.807) is 6.20 Å². The minimum atomic E-state index is 0.0763. The molecule has 0 bridgehead atoms. The van der Waals surface area contributed by atoms with Crippen molar-refractivity contribution in [2.24, 2.45) is 0 Å². The van der Waals surface area contributed by atoms with E-state index in [0.29, 0.717) is 6.42 Å². The Bertz CT molecular complexity index is 432. The van der Waals surface area contributed by atoms with E-state index >= 15 is 0 Å². The van der Waals surface area contributed by atoms with E-state index < -0.39 is 0 Å². The van der Waals surface area contributed by atoms with Gasteiger partial charge in [0.2, 0.25) is 0 Å². The molecule has 1 aromatic carbocycles. The lowest BCUT2D eigenvalue weighted by Crippen LogP contribution is -2.02. The van der Waals surface area contributed by atoms with E-state index in [4.69, 9.17) is 5.26 Å². The monoisotopic (exact) mass is 208 g/mol. The largest absolute Gasteiger partial charge is 0.261 e. The number of pyridine rings is 1. The molecule has 0 spiro atoms. The van der Waals surface area contributed by atoms with Crippen molar-refractivity contribution in [2.75, 3.05) is 0 Å². The van der Waals surface area contributed by atoms with E-state index in [9.17, 15) is 0 Å². The molecule has 2 nitrogen and oxygen atoms in total. The van der Waals surface area contributed by atoms with Crippen LogP contribution < -0.4 is 0 Å². The lowest BCUT2D eigenvalue weighted by atomic mass is 9.93. The Kier molecular flexibility index (Phi) is 3.30. The number of rotatable bonds is 3. The van der Waals surface area contributed by atoms with E-state index in [2.05, 4.69) is 11.1 Å². The van der Waals surface area contributed by atoms with E-state index in [1.165, 1.54) is 0 Å². The first-order valence-corrected chi connectivity index (χ1v) is 5.24. The van der Waals surface area contributed by atoms with Gasteiger partial charge in [-0.15, -0.1) is 0 Å². The van der Waals surface area contributed by atoms with Gasteiger partial charge in [0.25, 0.3) is 0 Å². The predicted octanol–water partition coefficient (Wildman–Crippen LogP) is 3.13. The normalized spacial score (nSPS) is 11.7. The highest BCUT2D eigenvalue weighted by atomic mass is 14.7. The molecule has 78 valence electrons. The van der Waals surface area contributed by atoms with Gasteiger partial charge in [0.05, 0.1) is 6.07 Å². The van der Waals surface area contributed by atoms with Crippen LogP contribution in [0.1, 0.15) is 23.6 Å². The van der Waals surface area contributed by atoms with Crippen LogP contribution in [0.3, 0.4) is 0 Å². The smallest absolute Gasteiger partial charge is 0.0632 e. The van der Waals surface area contributed by atoms with Crippen LogP contribution in [0.25, 0.3) is 0 Å². The van der Waals surface area contributed by atoms with Crippen molar-refractivity contribution in [1.29, 1.82) is 5.26 Å². The second-order valence-corrected chi connectivity index (χ2v) is 3.58. The minimum Gasteiger partial charge on any atom is -0.261 e. The number of nitriles is 1. The summed E-state index contributed by atoms with van der Waals surface area (Å²) in [6, 6.07) is 18.1. The third-order valence-electron chi connectivity index (χ3n) is 2.54. The molecule has 0 saturated heterocycles. The third kappa shape index (κ3) is 2.26. The fraction of sp³-hybridized carbons (Fsp3) is 0.143. The van der Waals surface area contributed by atoms with Crippen molar-refractivity contribution in [2.45, 2.75) is 12.3 Å². The quantitative estimate of drug-likeness (QED) is 0.777. The number of hydrogen-bond acceptors (Lipinski definition) is 2. The minimum absolute atomic E-state index is 0.0763. The molecule has 2 heteroatoms. The highest BCUT2D eigenvalue weighted by Crippen LogP contribution is 2.25. The molecule has 16 heavy (non-hydrogen) atoms. The number of nitrogens with zero attached hydrogens (tertiary/aromatic N) is 2. The van der Waals surface area contributed by atoms with Gasteiger partial charge in [-0.25, -0.2) is 0 Å². The Balaban J connectivity index is 2.36. The zero-order chi connectivity index (χ0) is 11.2. The Labute approximate surface area is 95.2 Å². The zero-order valence-corrected chi connectivity index (χ0v) is 8.88. The summed E-state index contributed by atoms with van der Waals surface area (Å²) in [4.78, 5) is 4.32. The molecule has 0 unspecified atom stereocenters. The summed E-state index contributed by atoms with van der Waals surface area (Å²) in [5.41, 5.74) is 2.10. The number of hydrogen-bond donors (Lipinski definition) is 0. The van der Waals surface area contributed by atoms with Crippen molar-refractivity contribution in [1.82, 2.24) is 4.98 Å². The van der Waals surface area contributed by atoms with Crippen LogP contribution in [-0.2, 0) is 0 Å². The van der Waals surface area contributed by atoms with Gasteiger partial charge in [0.1, 0.15) is 0 Å². The van der Waals surface area contributed by atoms with E-state index in [1.807, 2.05) is 48.5 Å².